The maximum Gasteiger partial charge on any atom is 0.323 e. The van der Waals surface area contributed by atoms with Gasteiger partial charge in [0, 0.05) is 5.69 Å². The highest BCUT2D eigenvalue weighted by molar-refractivity contribution is 8.93. The molecule has 0 saturated carbocycles. The fraction of sp³-hybridized carbons (Fsp3) is 0.640. The summed E-state index contributed by atoms with van der Waals surface area (Å²) in [7, 11) is 0. The molecule has 0 radical (unpaired) electrons. The topological polar surface area (TPSA) is 108 Å². The maximum absolute atomic E-state index is 13.3. The standard InChI is InChI=1S/C25H37N3O5.BrH/c1-2-33-25(32)21(9-5-3-7-18-13-15-26-16-14-18)27-20-12-11-19-8-4-6-10-22(19)28(24(20)31)17-23(29)30;/h4,6,8,10,18,20-21,26-27H,2-3,5,7,9,11-17H2,1H3,(H,29,30);1H. The SMILES string of the molecule is Br.CCOC(=O)C(CCCCC1CCNCC1)NC1CCc2ccccc2N(CC(=O)O)C1=O. The minimum absolute atomic E-state index is 0. The molecule has 34 heavy (non-hydrogen) atoms. The third kappa shape index (κ3) is 8.06. The number of rotatable bonds is 11. The number of ether oxygens (including phenoxy) is 1. The number of piperidine rings is 1. The Morgan fingerprint density at radius 3 is 2.65 bits per heavy atom. The van der Waals surface area contributed by atoms with Crippen molar-refractivity contribution >= 4 is 40.5 Å². The minimum Gasteiger partial charge on any atom is -0.480 e. The molecule has 2 unspecified atom stereocenters. The van der Waals surface area contributed by atoms with Gasteiger partial charge in [-0.1, -0.05) is 37.5 Å². The fourth-order valence-corrected chi connectivity index (χ4v) is 4.88. The number of aryl methyl sites for hydroxylation is 1. The number of nitrogens with one attached hydrogen (secondary N) is 2. The van der Waals surface area contributed by atoms with Crippen molar-refractivity contribution in [1.29, 1.82) is 0 Å². The highest BCUT2D eigenvalue weighted by Crippen LogP contribution is 2.27. The van der Waals surface area contributed by atoms with Crippen LogP contribution in [-0.4, -0.2) is 61.3 Å². The first-order valence-corrected chi connectivity index (χ1v) is 12.2. The van der Waals surface area contributed by atoms with E-state index >= 15 is 0 Å². The van der Waals surface area contributed by atoms with Crippen LogP contribution in [0.5, 0.6) is 0 Å². The average Bonchev–Trinajstić information content (AvgIpc) is 2.93. The first-order chi connectivity index (χ1) is 16.0. The quantitative estimate of drug-likeness (QED) is 0.293. The number of benzene rings is 1. The lowest BCUT2D eigenvalue weighted by molar-refractivity contribution is -0.146. The second-order valence-electron chi connectivity index (χ2n) is 8.99. The van der Waals surface area contributed by atoms with Gasteiger partial charge in [-0.3, -0.25) is 24.6 Å². The van der Waals surface area contributed by atoms with E-state index in [1.165, 1.54) is 17.7 Å². The van der Waals surface area contributed by atoms with Crippen LogP contribution in [0.1, 0.15) is 57.4 Å². The molecule has 1 fully saturated rings. The molecule has 3 N–H and O–H groups in total. The number of fused-ring (bicyclic) bond motifs is 1. The van der Waals surface area contributed by atoms with Crippen molar-refractivity contribution in [1.82, 2.24) is 10.6 Å². The second kappa shape index (κ2) is 14.4. The van der Waals surface area contributed by atoms with E-state index < -0.39 is 24.6 Å². The summed E-state index contributed by atoms with van der Waals surface area (Å²) >= 11 is 0. The highest BCUT2D eigenvalue weighted by Gasteiger charge is 2.34. The summed E-state index contributed by atoms with van der Waals surface area (Å²) in [6.45, 7) is 3.80. The second-order valence-corrected chi connectivity index (χ2v) is 8.99. The van der Waals surface area contributed by atoms with Gasteiger partial charge in [0.15, 0.2) is 0 Å². The number of esters is 1. The summed E-state index contributed by atoms with van der Waals surface area (Å²) in [5.41, 5.74) is 1.56. The van der Waals surface area contributed by atoms with Gasteiger partial charge in [-0.2, -0.15) is 0 Å². The molecule has 9 heteroatoms. The lowest BCUT2D eigenvalue weighted by Gasteiger charge is -2.27. The van der Waals surface area contributed by atoms with Gasteiger partial charge in [0.1, 0.15) is 12.6 Å². The first-order valence-electron chi connectivity index (χ1n) is 12.2. The molecule has 0 bridgehead atoms. The Kier molecular flexibility index (Phi) is 12.0. The summed E-state index contributed by atoms with van der Waals surface area (Å²) in [5, 5.41) is 16.0. The van der Waals surface area contributed by atoms with Gasteiger partial charge in [-0.25, -0.2) is 0 Å². The third-order valence-corrected chi connectivity index (χ3v) is 6.63. The molecule has 2 atom stereocenters. The van der Waals surface area contributed by atoms with Crippen LogP contribution in [0.4, 0.5) is 5.69 Å². The molecule has 1 aromatic rings. The zero-order valence-corrected chi connectivity index (χ0v) is 21.7. The van der Waals surface area contributed by atoms with Crippen LogP contribution in [0.25, 0.3) is 0 Å². The predicted molar refractivity (Wildman–Crippen MR) is 136 cm³/mol. The molecular weight excluding hydrogens is 502 g/mol. The Balaban J connectivity index is 0.00000408. The molecule has 8 nitrogen and oxygen atoms in total. The Hall–Kier alpha value is -1.97. The van der Waals surface area contributed by atoms with Gasteiger partial charge in [0.2, 0.25) is 5.91 Å². The van der Waals surface area contributed by atoms with E-state index in [2.05, 4.69) is 10.6 Å². The summed E-state index contributed by atoms with van der Waals surface area (Å²) < 4.78 is 5.28. The molecule has 2 heterocycles. The van der Waals surface area contributed by atoms with Crippen LogP contribution < -0.4 is 15.5 Å². The molecule has 0 aromatic heterocycles. The summed E-state index contributed by atoms with van der Waals surface area (Å²) in [5.74, 6) is -0.990. The fourth-order valence-electron chi connectivity index (χ4n) is 4.88. The van der Waals surface area contributed by atoms with Crippen molar-refractivity contribution in [2.75, 3.05) is 31.1 Å². The molecule has 3 rings (SSSR count). The summed E-state index contributed by atoms with van der Waals surface area (Å²) in [4.78, 5) is 38.8. The first kappa shape index (κ1) is 28.3. The number of nitrogens with zero attached hydrogens (tertiary/aromatic N) is 1. The number of unbranched alkanes of at least 4 members (excludes halogenated alkanes) is 1. The van der Waals surface area contributed by atoms with E-state index in [9.17, 15) is 19.5 Å². The number of carbonyl (C=O) groups is 3. The molecule has 190 valence electrons. The van der Waals surface area contributed by atoms with Crippen LogP contribution >= 0.6 is 17.0 Å². The van der Waals surface area contributed by atoms with E-state index in [4.69, 9.17) is 4.74 Å². The zero-order valence-electron chi connectivity index (χ0n) is 20.0. The smallest absolute Gasteiger partial charge is 0.323 e. The van der Waals surface area contributed by atoms with E-state index in [0.29, 0.717) is 24.9 Å². The Morgan fingerprint density at radius 2 is 1.94 bits per heavy atom. The Labute approximate surface area is 212 Å². The number of hydrogen-bond acceptors (Lipinski definition) is 6. The van der Waals surface area contributed by atoms with E-state index in [1.54, 1.807) is 19.1 Å². The van der Waals surface area contributed by atoms with E-state index in [1.807, 2.05) is 12.1 Å². The van der Waals surface area contributed by atoms with Crippen LogP contribution in [0.3, 0.4) is 0 Å². The molecule has 1 saturated heterocycles. The van der Waals surface area contributed by atoms with Gasteiger partial charge in [0.25, 0.3) is 0 Å². The van der Waals surface area contributed by atoms with Crippen molar-refractivity contribution < 1.29 is 24.2 Å². The van der Waals surface area contributed by atoms with Gasteiger partial charge in [-0.05, 0) is 69.7 Å². The number of carbonyl (C=O) groups excluding carboxylic acids is 2. The zero-order chi connectivity index (χ0) is 23.6. The number of para-hydroxylation sites is 1. The molecule has 0 aliphatic carbocycles. The molecule has 1 amide bonds. The Bertz CT molecular complexity index is 815. The number of carboxylic acid groups (broad SMARTS) is 1. The van der Waals surface area contributed by atoms with Crippen LogP contribution in [-0.2, 0) is 25.5 Å². The highest BCUT2D eigenvalue weighted by atomic mass is 79.9. The van der Waals surface area contributed by atoms with Crippen LogP contribution in [0.2, 0.25) is 0 Å². The van der Waals surface area contributed by atoms with Crippen molar-refractivity contribution in [2.24, 2.45) is 5.92 Å². The number of carboxylic acids is 1. The van der Waals surface area contributed by atoms with Crippen molar-refractivity contribution in [2.45, 2.75) is 70.4 Å². The van der Waals surface area contributed by atoms with Gasteiger partial charge in [0.05, 0.1) is 12.6 Å². The predicted octanol–water partition coefficient (Wildman–Crippen LogP) is 3.08. The number of anilines is 1. The minimum atomic E-state index is -1.07. The number of halogens is 1. The number of hydrogen-bond donors (Lipinski definition) is 3. The average molecular weight is 540 g/mol. The largest absolute Gasteiger partial charge is 0.480 e. The van der Waals surface area contributed by atoms with Crippen molar-refractivity contribution in [3.05, 3.63) is 29.8 Å². The van der Waals surface area contributed by atoms with Crippen molar-refractivity contribution in [3.8, 4) is 0 Å². The van der Waals surface area contributed by atoms with Crippen LogP contribution in [0, 0.1) is 5.92 Å². The number of aliphatic carboxylic acids is 1. The van der Waals surface area contributed by atoms with Crippen molar-refractivity contribution in [3.63, 3.8) is 0 Å². The van der Waals surface area contributed by atoms with E-state index in [-0.39, 0.29) is 35.5 Å². The maximum atomic E-state index is 13.3. The molecular formula is C25H38BrN3O5. The molecule has 1 aromatic carbocycles. The summed E-state index contributed by atoms with van der Waals surface area (Å²) in [6.07, 6.45) is 7.20. The monoisotopic (exact) mass is 539 g/mol. The molecule has 0 spiro atoms. The normalized spacial score (nSPS) is 19.5. The summed E-state index contributed by atoms with van der Waals surface area (Å²) in [6, 6.07) is 6.17. The van der Waals surface area contributed by atoms with E-state index in [0.717, 1.165) is 43.8 Å². The number of amides is 1. The van der Waals surface area contributed by atoms with Gasteiger partial charge >= 0.3 is 11.9 Å². The molecule has 2 aliphatic heterocycles. The van der Waals surface area contributed by atoms with Gasteiger partial charge < -0.3 is 15.2 Å². The van der Waals surface area contributed by atoms with Crippen LogP contribution in [0.15, 0.2) is 24.3 Å². The molecule has 2 aliphatic rings. The third-order valence-electron chi connectivity index (χ3n) is 6.63. The lowest BCUT2D eigenvalue weighted by atomic mass is 9.91. The Morgan fingerprint density at radius 1 is 1.21 bits per heavy atom. The van der Waals surface area contributed by atoms with Gasteiger partial charge in [-0.15, -0.1) is 17.0 Å². The lowest BCUT2D eigenvalue weighted by Crippen LogP contribution is -2.53.